The number of nitrogens with two attached hydrogens (primary N) is 1. The number of nitrogens with one attached hydrogen (secondary N) is 1. The van der Waals surface area contributed by atoms with E-state index >= 15 is 0 Å². The van der Waals surface area contributed by atoms with Gasteiger partial charge in [-0.05, 0) is 123 Å². The predicted molar refractivity (Wildman–Crippen MR) is 143 cm³/mol. The summed E-state index contributed by atoms with van der Waals surface area (Å²) in [5.74, 6) is 2.31. The van der Waals surface area contributed by atoms with Crippen LogP contribution in [0.25, 0.3) is 0 Å². The number of rotatable bonds is 10. The standard InChI is InChI=1S/C30H52N2O5/c1-18(7-12-27(35)32-15-5-4-6-25(31)28(36)37)22-10-11-23-21-9-8-19-16-20(33)13-14-29(19,2)24(21)17-26(34)30(22,23)3/h18-26,33-34H,4-17,31H2,1-3H3,(H,32,35)(H,36,37)/t18-,19-,20-,21+,22-,23+,24+,25+,26+,29+,30-/m1/s1. The number of fused-ring (bicyclic) bond motifs is 5. The number of carboxylic acids is 1. The number of hydrogen-bond acceptors (Lipinski definition) is 5. The summed E-state index contributed by atoms with van der Waals surface area (Å²) in [6, 6.07) is -0.827. The first kappa shape index (κ1) is 28.8. The fourth-order valence-corrected chi connectivity index (χ4v) is 9.65. The minimum absolute atomic E-state index is 0.0593. The molecular weight excluding hydrogens is 468 g/mol. The second kappa shape index (κ2) is 11.5. The zero-order chi connectivity index (χ0) is 27.0. The summed E-state index contributed by atoms with van der Waals surface area (Å²) in [6.07, 6.45) is 11.4. The molecule has 0 spiro atoms. The summed E-state index contributed by atoms with van der Waals surface area (Å²) >= 11 is 0. The van der Waals surface area contributed by atoms with Crippen molar-refractivity contribution in [1.29, 1.82) is 0 Å². The third-order valence-corrected chi connectivity index (χ3v) is 11.9. The third kappa shape index (κ3) is 5.60. The number of aliphatic hydroxyl groups excluding tert-OH is 2. The molecule has 0 unspecified atom stereocenters. The molecule has 7 heteroatoms. The average Bonchev–Trinajstić information content (AvgIpc) is 3.22. The molecule has 0 aliphatic heterocycles. The molecule has 0 aromatic heterocycles. The van der Waals surface area contributed by atoms with Crippen LogP contribution in [0.4, 0.5) is 0 Å². The summed E-state index contributed by atoms with van der Waals surface area (Å²) in [5.41, 5.74) is 5.71. The molecule has 4 saturated carbocycles. The number of carbonyl (C=O) groups is 2. The van der Waals surface area contributed by atoms with Crippen LogP contribution in [0.15, 0.2) is 0 Å². The second-order valence-electron chi connectivity index (χ2n) is 13.7. The van der Waals surface area contributed by atoms with E-state index in [1.54, 1.807) is 0 Å². The zero-order valence-electron chi connectivity index (χ0n) is 23.3. The summed E-state index contributed by atoms with van der Waals surface area (Å²) in [5, 5.41) is 33.8. The van der Waals surface area contributed by atoms with E-state index in [1.807, 2.05) is 0 Å². The van der Waals surface area contributed by atoms with Gasteiger partial charge in [-0.2, -0.15) is 0 Å². The molecule has 4 fully saturated rings. The lowest BCUT2D eigenvalue weighted by atomic mass is 9.43. The number of unbranched alkanes of at least 4 members (excludes halogenated alkanes) is 1. The fourth-order valence-electron chi connectivity index (χ4n) is 9.65. The lowest BCUT2D eigenvalue weighted by Crippen LogP contribution is -2.58. The van der Waals surface area contributed by atoms with E-state index in [1.165, 1.54) is 19.3 Å². The molecule has 4 aliphatic carbocycles. The molecule has 37 heavy (non-hydrogen) atoms. The Balaban J connectivity index is 1.29. The average molecular weight is 521 g/mol. The van der Waals surface area contributed by atoms with Crippen LogP contribution < -0.4 is 11.1 Å². The number of amides is 1. The van der Waals surface area contributed by atoms with Crippen LogP contribution in [-0.4, -0.2) is 52.0 Å². The van der Waals surface area contributed by atoms with Crippen LogP contribution in [-0.2, 0) is 9.59 Å². The molecule has 0 heterocycles. The van der Waals surface area contributed by atoms with E-state index in [-0.39, 0.29) is 28.9 Å². The van der Waals surface area contributed by atoms with Gasteiger partial charge in [-0.3, -0.25) is 9.59 Å². The Kier molecular flexibility index (Phi) is 8.97. The van der Waals surface area contributed by atoms with Gasteiger partial charge in [0, 0.05) is 13.0 Å². The molecule has 11 atom stereocenters. The van der Waals surface area contributed by atoms with Gasteiger partial charge < -0.3 is 26.4 Å². The number of carbonyl (C=O) groups excluding carboxylic acids is 1. The van der Waals surface area contributed by atoms with Crippen molar-refractivity contribution in [2.24, 2.45) is 52.1 Å². The van der Waals surface area contributed by atoms with Crippen LogP contribution >= 0.6 is 0 Å². The van der Waals surface area contributed by atoms with Gasteiger partial charge >= 0.3 is 5.97 Å². The van der Waals surface area contributed by atoms with E-state index in [2.05, 4.69) is 26.1 Å². The minimum Gasteiger partial charge on any atom is -0.480 e. The highest BCUT2D eigenvalue weighted by molar-refractivity contribution is 5.75. The Hall–Kier alpha value is -1.18. The summed E-state index contributed by atoms with van der Waals surface area (Å²) in [4.78, 5) is 23.3. The van der Waals surface area contributed by atoms with Crippen molar-refractivity contribution >= 4 is 11.9 Å². The highest BCUT2D eigenvalue weighted by Crippen LogP contribution is 2.68. The molecule has 0 saturated heterocycles. The normalized spacial score (nSPS) is 42.7. The number of carboxylic acid groups (broad SMARTS) is 1. The largest absolute Gasteiger partial charge is 0.480 e. The predicted octanol–water partition coefficient (Wildman–Crippen LogP) is 4.09. The number of aliphatic hydroxyl groups is 2. The number of aliphatic carboxylic acids is 1. The SMILES string of the molecule is C[C@H](CCC(=O)NCCCC[C@H](N)C(=O)O)[C@H]1CC[C@H]2[C@@H]3CC[C@@H]4C[C@H](O)CC[C@]4(C)[C@H]3C[C@H](O)[C@]12C. The van der Waals surface area contributed by atoms with Crippen molar-refractivity contribution in [3.63, 3.8) is 0 Å². The topological polar surface area (TPSA) is 133 Å². The van der Waals surface area contributed by atoms with Crippen molar-refractivity contribution < 1.29 is 24.9 Å². The maximum Gasteiger partial charge on any atom is 0.320 e. The van der Waals surface area contributed by atoms with Gasteiger partial charge in [0.1, 0.15) is 6.04 Å². The van der Waals surface area contributed by atoms with Crippen molar-refractivity contribution in [2.45, 2.75) is 122 Å². The first-order valence-electron chi connectivity index (χ1n) is 15.1. The molecule has 1 amide bonds. The molecule has 6 N–H and O–H groups in total. The Morgan fingerprint density at radius 1 is 1.00 bits per heavy atom. The maximum absolute atomic E-state index is 12.5. The zero-order valence-corrected chi connectivity index (χ0v) is 23.3. The van der Waals surface area contributed by atoms with E-state index in [0.717, 1.165) is 44.9 Å². The molecule has 0 bridgehead atoms. The van der Waals surface area contributed by atoms with Gasteiger partial charge in [0.15, 0.2) is 0 Å². The van der Waals surface area contributed by atoms with E-state index < -0.39 is 12.0 Å². The molecule has 0 aromatic rings. The lowest BCUT2D eigenvalue weighted by molar-refractivity contribution is -0.174. The highest BCUT2D eigenvalue weighted by atomic mass is 16.4. The van der Waals surface area contributed by atoms with Crippen LogP contribution in [0.2, 0.25) is 0 Å². The van der Waals surface area contributed by atoms with Crippen LogP contribution in [0.1, 0.15) is 104 Å². The Morgan fingerprint density at radius 3 is 2.49 bits per heavy atom. The quantitative estimate of drug-likeness (QED) is 0.276. The second-order valence-corrected chi connectivity index (χ2v) is 13.7. The van der Waals surface area contributed by atoms with Crippen LogP contribution in [0.5, 0.6) is 0 Å². The summed E-state index contributed by atoms with van der Waals surface area (Å²) in [6.45, 7) is 7.65. The molecule has 0 radical (unpaired) electrons. The number of hydrogen-bond donors (Lipinski definition) is 5. The van der Waals surface area contributed by atoms with E-state index in [9.17, 15) is 19.8 Å². The van der Waals surface area contributed by atoms with Crippen molar-refractivity contribution in [3.8, 4) is 0 Å². The van der Waals surface area contributed by atoms with E-state index in [0.29, 0.717) is 61.3 Å². The van der Waals surface area contributed by atoms with Crippen molar-refractivity contribution in [1.82, 2.24) is 5.32 Å². The molecular formula is C30H52N2O5. The molecule has 4 rings (SSSR count). The van der Waals surface area contributed by atoms with Crippen LogP contribution in [0, 0.1) is 46.3 Å². The maximum atomic E-state index is 12.5. The molecule has 4 aliphatic rings. The molecule has 0 aromatic carbocycles. The summed E-state index contributed by atoms with van der Waals surface area (Å²) < 4.78 is 0. The summed E-state index contributed by atoms with van der Waals surface area (Å²) in [7, 11) is 0. The van der Waals surface area contributed by atoms with Gasteiger partial charge in [0.25, 0.3) is 0 Å². The van der Waals surface area contributed by atoms with E-state index in [4.69, 9.17) is 10.8 Å². The van der Waals surface area contributed by atoms with Gasteiger partial charge in [-0.25, -0.2) is 0 Å². The first-order chi connectivity index (χ1) is 17.5. The van der Waals surface area contributed by atoms with Crippen molar-refractivity contribution in [3.05, 3.63) is 0 Å². The van der Waals surface area contributed by atoms with Gasteiger partial charge in [0.05, 0.1) is 12.2 Å². The van der Waals surface area contributed by atoms with Crippen LogP contribution in [0.3, 0.4) is 0 Å². The Morgan fingerprint density at radius 2 is 1.76 bits per heavy atom. The molecule has 7 nitrogen and oxygen atoms in total. The Bertz CT molecular complexity index is 822. The highest BCUT2D eigenvalue weighted by Gasteiger charge is 2.63. The van der Waals surface area contributed by atoms with Crippen molar-refractivity contribution in [2.75, 3.05) is 6.54 Å². The first-order valence-corrected chi connectivity index (χ1v) is 15.1. The molecule has 212 valence electrons. The third-order valence-electron chi connectivity index (χ3n) is 11.9. The van der Waals surface area contributed by atoms with Gasteiger partial charge in [-0.15, -0.1) is 0 Å². The van der Waals surface area contributed by atoms with Gasteiger partial charge in [0.2, 0.25) is 5.91 Å². The Labute approximate surface area is 223 Å². The monoisotopic (exact) mass is 520 g/mol. The lowest BCUT2D eigenvalue weighted by Gasteiger charge is -2.62. The smallest absolute Gasteiger partial charge is 0.320 e. The fraction of sp³-hybridized carbons (Fsp3) is 0.933. The van der Waals surface area contributed by atoms with Gasteiger partial charge in [-0.1, -0.05) is 20.8 Å². The minimum atomic E-state index is -0.977.